The summed E-state index contributed by atoms with van der Waals surface area (Å²) in [5.74, 6) is 0.725. The van der Waals surface area contributed by atoms with Crippen LogP contribution in [0.1, 0.15) is 18.4 Å². The number of hydrogen-bond donors (Lipinski definition) is 1. The van der Waals surface area contributed by atoms with Gasteiger partial charge in [-0.25, -0.2) is 0 Å². The number of hydrogen-bond acceptors (Lipinski definition) is 4. The lowest BCUT2D eigenvalue weighted by atomic mass is 10.1. The Morgan fingerprint density at radius 1 is 1.39 bits per heavy atom. The highest BCUT2D eigenvalue weighted by Crippen LogP contribution is 2.27. The van der Waals surface area contributed by atoms with E-state index in [1.165, 1.54) is 6.42 Å². The molecule has 1 fully saturated rings. The fraction of sp³-hybridized carbons (Fsp3) is 0.571. The van der Waals surface area contributed by atoms with Crippen LogP contribution in [0, 0.1) is 0 Å². The lowest BCUT2D eigenvalue weighted by Crippen LogP contribution is -2.38. The molecule has 1 aliphatic heterocycles. The maximum atomic E-state index is 9.75. The molecule has 18 heavy (non-hydrogen) atoms. The van der Waals surface area contributed by atoms with Crippen molar-refractivity contribution in [2.24, 2.45) is 0 Å². The summed E-state index contributed by atoms with van der Waals surface area (Å²) in [7, 11) is 3.33. The first-order valence-electron chi connectivity index (χ1n) is 6.34. The third kappa shape index (κ3) is 3.15. The highest BCUT2D eigenvalue weighted by Gasteiger charge is 2.19. The molecule has 1 aliphatic rings. The van der Waals surface area contributed by atoms with Crippen LogP contribution in [-0.4, -0.2) is 43.4 Å². The van der Waals surface area contributed by atoms with Crippen molar-refractivity contribution in [1.82, 2.24) is 4.90 Å². The van der Waals surface area contributed by atoms with Crippen molar-refractivity contribution < 1.29 is 14.6 Å². The van der Waals surface area contributed by atoms with Crippen molar-refractivity contribution in [3.63, 3.8) is 0 Å². The number of piperidine rings is 1. The monoisotopic (exact) mass is 251 g/mol. The molecular weight excluding hydrogens is 230 g/mol. The Labute approximate surface area is 108 Å². The van der Waals surface area contributed by atoms with Gasteiger partial charge in [-0.05, 0) is 37.1 Å². The summed E-state index contributed by atoms with van der Waals surface area (Å²) in [4.78, 5) is 2.36. The molecule has 0 amide bonds. The lowest BCUT2D eigenvalue weighted by molar-refractivity contribution is 0.0285. The second kappa shape index (κ2) is 6.07. The number of rotatable bonds is 4. The molecule has 1 aromatic carbocycles. The number of likely N-dealkylation sites (tertiary alicyclic amines) is 1. The summed E-state index contributed by atoms with van der Waals surface area (Å²) in [6.07, 6.45) is 2.65. The summed E-state index contributed by atoms with van der Waals surface area (Å²) in [5, 5.41) is 9.75. The van der Waals surface area contributed by atoms with Crippen molar-refractivity contribution in [2.45, 2.75) is 25.5 Å². The largest absolute Gasteiger partial charge is 0.504 e. The molecule has 0 aromatic heterocycles. The summed E-state index contributed by atoms with van der Waals surface area (Å²) in [6.45, 7) is 2.90. The maximum Gasteiger partial charge on any atom is 0.160 e. The summed E-state index contributed by atoms with van der Waals surface area (Å²) < 4.78 is 10.4. The van der Waals surface area contributed by atoms with Gasteiger partial charge < -0.3 is 14.6 Å². The van der Waals surface area contributed by atoms with Crippen LogP contribution in [0.25, 0.3) is 0 Å². The second-order valence-electron chi connectivity index (χ2n) is 4.74. The normalized spacial score (nSPS) is 20.9. The third-order valence-electron chi connectivity index (χ3n) is 3.45. The van der Waals surface area contributed by atoms with Crippen molar-refractivity contribution in [2.75, 3.05) is 27.3 Å². The van der Waals surface area contributed by atoms with Crippen molar-refractivity contribution in [3.05, 3.63) is 23.8 Å². The van der Waals surface area contributed by atoms with Crippen LogP contribution < -0.4 is 4.74 Å². The predicted molar refractivity (Wildman–Crippen MR) is 70.0 cm³/mol. The fourth-order valence-corrected chi connectivity index (χ4v) is 2.44. The van der Waals surface area contributed by atoms with Crippen LogP contribution in [0.3, 0.4) is 0 Å². The van der Waals surface area contributed by atoms with E-state index in [0.29, 0.717) is 11.9 Å². The molecule has 0 saturated carbocycles. The molecule has 0 radical (unpaired) electrons. The van der Waals surface area contributed by atoms with E-state index in [2.05, 4.69) is 4.90 Å². The smallest absolute Gasteiger partial charge is 0.160 e. The molecule has 4 heteroatoms. The number of methoxy groups -OCH3 is 2. The van der Waals surface area contributed by atoms with E-state index in [9.17, 15) is 5.11 Å². The van der Waals surface area contributed by atoms with Crippen LogP contribution >= 0.6 is 0 Å². The molecule has 1 aromatic rings. The standard InChI is InChI=1S/C14H21NO3/c1-17-12-4-3-7-15(10-12)9-11-5-6-14(18-2)13(16)8-11/h5-6,8,12,16H,3-4,7,9-10H2,1-2H3. The topological polar surface area (TPSA) is 41.9 Å². The zero-order chi connectivity index (χ0) is 13.0. The van der Waals surface area contributed by atoms with Crippen LogP contribution in [-0.2, 0) is 11.3 Å². The lowest BCUT2D eigenvalue weighted by Gasteiger charge is -2.31. The molecule has 4 nitrogen and oxygen atoms in total. The number of ether oxygens (including phenoxy) is 2. The van der Waals surface area contributed by atoms with E-state index in [1.54, 1.807) is 20.3 Å². The fourth-order valence-electron chi connectivity index (χ4n) is 2.44. The minimum Gasteiger partial charge on any atom is -0.504 e. The first-order chi connectivity index (χ1) is 8.72. The Bertz CT molecular complexity index is 395. The molecule has 1 atom stereocenters. The summed E-state index contributed by atoms with van der Waals surface area (Å²) >= 11 is 0. The van der Waals surface area contributed by atoms with Gasteiger partial charge in [-0.15, -0.1) is 0 Å². The molecule has 100 valence electrons. The van der Waals surface area contributed by atoms with Gasteiger partial charge in [0.25, 0.3) is 0 Å². The summed E-state index contributed by atoms with van der Waals surface area (Å²) in [6, 6.07) is 5.58. The molecule has 1 heterocycles. The highest BCUT2D eigenvalue weighted by molar-refractivity contribution is 5.41. The third-order valence-corrected chi connectivity index (χ3v) is 3.45. The van der Waals surface area contributed by atoms with E-state index in [-0.39, 0.29) is 5.75 Å². The highest BCUT2D eigenvalue weighted by atomic mass is 16.5. The van der Waals surface area contributed by atoms with Crippen molar-refractivity contribution in [3.8, 4) is 11.5 Å². The zero-order valence-corrected chi connectivity index (χ0v) is 11.1. The summed E-state index contributed by atoms with van der Waals surface area (Å²) in [5.41, 5.74) is 1.10. The Balaban J connectivity index is 1.98. The number of benzene rings is 1. The Morgan fingerprint density at radius 3 is 2.89 bits per heavy atom. The number of aromatic hydroxyl groups is 1. The average Bonchev–Trinajstić information content (AvgIpc) is 2.39. The first-order valence-corrected chi connectivity index (χ1v) is 6.34. The molecule has 0 spiro atoms. The average molecular weight is 251 g/mol. The predicted octanol–water partition coefficient (Wildman–Crippen LogP) is 2.01. The number of phenols is 1. The molecule has 0 aliphatic carbocycles. The van der Waals surface area contributed by atoms with Crippen molar-refractivity contribution in [1.29, 1.82) is 0 Å². The van der Waals surface area contributed by atoms with Gasteiger partial charge >= 0.3 is 0 Å². The first kappa shape index (κ1) is 13.2. The van der Waals surface area contributed by atoms with E-state index < -0.39 is 0 Å². The molecule has 1 unspecified atom stereocenters. The quantitative estimate of drug-likeness (QED) is 0.889. The molecule has 2 rings (SSSR count). The molecule has 1 N–H and O–H groups in total. The molecular formula is C14H21NO3. The Hall–Kier alpha value is -1.26. The second-order valence-corrected chi connectivity index (χ2v) is 4.74. The maximum absolute atomic E-state index is 9.75. The van der Waals surface area contributed by atoms with E-state index in [4.69, 9.17) is 9.47 Å². The van der Waals surface area contributed by atoms with Gasteiger partial charge in [0.05, 0.1) is 13.2 Å². The van der Waals surface area contributed by atoms with Gasteiger partial charge in [0.1, 0.15) is 0 Å². The molecule has 0 bridgehead atoms. The van der Waals surface area contributed by atoms with E-state index in [0.717, 1.165) is 31.6 Å². The Kier molecular flexibility index (Phi) is 4.44. The minimum atomic E-state index is 0.204. The zero-order valence-electron chi connectivity index (χ0n) is 11.1. The van der Waals surface area contributed by atoms with Crippen molar-refractivity contribution >= 4 is 0 Å². The Morgan fingerprint density at radius 2 is 2.22 bits per heavy atom. The van der Waals surface area contributed by atoms with Crippen LogP contribution in [0.15, 0.2) is 18.2 Å². The van der Waals surface area contributed by atoms with E-state index >= 15 is 0 Å². The van der Waals surface area contributed by atoms with Gasteiger partial charge in [-0.2, -0.15) is 0 Å². The van der Waals surface area contributed by atoms with Gasteiger partial charge in [0.2, 0.25) is 0 Å². The minimum absolute atomic E-state index is 0.204. The van der Waals surface area contributed by atoms with Crippen LogP contribution in [0.5, 0.6) is 11.5 Å². The number of nitrogens with zero attached hydrogens (tertiary/aromatic N) is 1. The van der Waals surface area contributed by atoms with Gasteiger partial charge in [-0.3, -0.25) is 4.90 Å². The van der Waals surface area contributed by atoms with Gasteiger partial charge in [0, 0.05) is 20.2 Å². The van der Waals surface area contributed by atoms with Crippen LogP contribution in [0.2, 0.25) is 0 Å². The number of phenolic OH excluding ortho intramolecular Hbond substituents is 1. The van der Waals surface area contributed by atoms with Gasteiger partial charge in [0.15, 0.2) is 11.5 Å². The van der Waals surface area contributed by atoms with E-state index in [1.807, 2.05) is 12.1 Å². The van der Waals surface area contributed by atoms with Gasteiger partial charge in [-0.1, -0.05) is 6.07 Å². The molecule has 1 saturated heterocycles. The SMILES string of the molecule is COc1ccc(CN2CCCC(OC)C2)cc1O. The van der Waals surface area contributed by atoms with Crippen LogP contribution in [0.4, 0.5) is 0 Å².